The molecule has 0 unspecified atom stereocenters. The van der Waals surface area contributed by atoms with Crippen molar-refractivity contribution in [3.63, 3.8) is 0 Å². The van der Waals surface area contributed by atoms with Gasteiger partial charge >= 0.3 is 6.03 Å². The van der Waals surface area contributed by atoms with E-state index in [4.69, 9.17) is 9.47 Å². The molecule has 0 bridgehead atoms. The molecule has 1 saturated heterocycles. The molecule has 4 rings (SSSR count). The summed E-state index contributed by atoms with van der Waals surface area (Å²) in [6.07, 6.45) is 8.40. The van der Waals surface area contributed by atoms with E-state index in [9.17, 15) is 4.79 Å². The number of amides is 2. The Kier molecular flexibility index (Phi) is 7.95. The molecule has 2 aliphatic heterocycles. The summed E-state index contributed by atoms with van der Waals surface area (Å²) in [6, 6.07) is 7.84. The lowest BCUT2D eigenvalue weighted by Crippen LogP contribution is -2.51. The molecule has 1 aromatic carbocycles. The molecular formula is C26H41N3O3. The van der Waals surface area contributed by atoms with Gasteiger partial charge in [0.2, 0.25) is 0 Å². The number of piperidine rings is 1. The topological polar surface area (TPSA) is 45.3 Å². The van der Waals surface area contributed by atoms with E-state index in [2.05, 4.69) is 36.9 Å². The van der Waals surface area contributed by atoms with Crippen LogP contribution in [0.4, 0.5) is 4.79 Å². The molecule has 6 heteroatoms. The van der Waals surface area contributed by atoms with E-state index in [0.29, 0.717) is 13.2 Å². The zero-order valence-corrected chi connectivity index (χ0v) is 20.2. The fourth-order valence-electron chi connectivity index (χ4n) is 5.21. The Balaban J connectivity index is 1.28. The number of nitrogens with zero attached hydrogens (tertiary/aromatic N) is 3. The average Bonchev–Trinajstić information content (AvgIpc) is 2.95. The molecule has 1 aliphatic carbocycles. The zero-order chi connectivity index (χ0) is 22.5. The van der Waals surface area contributed by atoms with Crippen molar-refractivity contribution in [2.45, 2.75) is 77.0 Å². The minimum absolute atomic E-state index is 0.122. The third kappa shape index (κ3) is 5.57. The van der Waals surface area contributed by atoms with Gasteiger partial charge < -0.3 is 19.3 Å². The van der Waals surface area contributed by atoms with E-state index in [-0.39, 0.29) is 18.2 Å². The van der Waals surface area contributed by atoms with Gasteiger partial charge in [0.15, 0.2) is 0 Å². The zero-order valence-electron chi connectivity index (χ0n) is 20.2. The lowest BCUT2D eigenvalue weighted by molar-refractivity contribution is 0.0802. The molecular weight excluding hydrogens is 402 g/mol. The number of likely N-dealkylation sites (tertiary alicyclic amines) is 1. The van der Waals surface area contributed by atoms with Crippen LogP contribution in [0.2, 0.25) is 0 Å². The maximum Gasteiger partial charge on any atom is 0.320 e. The standard InChI is InChI=1S/C26H41N3O3/c1-20(2)29(17-18-31-3)26(30)28-15-11-24(12-16-28)32-25-8-7-21-9-13-27(23-5-4-6-23)14-10-22(21)19-25/h7-8,19-20,23-24H,4-6,9-18H2,1-3H3. The van der Waals surface area contributed by atoms with Crippen molar-refractivity contribution in [3.8, 4) is 5.75 Å². The van der Waals surface area contributed by atoms with Crippen molar-refractivity contribution in [3.05, 3.63) is 29.3 Å². The highest BCUT2D eigenvalue weighted by molar-refractivity contribution is 5.74. The lowest BCUT2D eigenvalue weighted by atomic mass is 9.91. The molecule has 32 heavy (non-hydrogen) atoms. The molecule has 6 nitrogen and oxygen atoms in total. The number of hydrogen-bond donors (Lipinski definition) is 0. The van der Waals surface area contributed by atoms with Gasteiger partial charge in [-0.05, 0) is 62.8 Å². The monoisotopic (exact) mass is 443 g/mol. The smallest absolute Gasteiger partial charge is 0.320 e. The van der Waals surface area contributed by atoms with E-state index in [0.717, 1.165) is 50.6 Å². The van der Waals surface area contributed by atoms with E-state index < -0.39 is 0 Å². The van der Waals surface area contributed by atoms with Crippen molar-refractivity contribution in [2.24, 2.45) is 0 Å². The molecule has 2 amide bonds. The second-order valence-electron chi connectivity index (χ2n) is 9.92. The normalized spacial score (nSPS) is 20.6. The minimum Gasteiger partial charge on any atom is -0.490 e. The fourth-order valence-corrected chi connectivity index (χ4v) is 5.21. The number of urea groups is 1. The Labute approximate surface area is 193 Å². The third-order valence-corrected chi connectivity index (χ3v) is 7.53. The molecule has 2 fully saturated rings. The van der Waals surface area contributed by atoms with Gasteiger partial charge in [-0.25, -0.2) is 4.79 Å². The van der Waals surface area contributed by atoms with Crippen LogP contribution < -0.4 is 4.74 Å². The number of ether oxygens (including phenoxy) is 2. The van der Waals surface area contributed by atoms with Gasteiger partial charge in [0.1, 0.15) is 11.9 Å². The summed E-state index contributed by atoms with van der Waals surface area (Å²) in [6.45, 7) is 9.21. The first kappa shape index (κ1) is 23.4. The summed E-state index contributed by atoms with van der Waals surface area (Å²) in [4.78, 5) is 19.5. The number of carbonyl (C=O) groups excluding carboxylic acids is 1. The maximum absolute atomic E-state index is 13.0. The van der Waals surface area contributed by atoms with Crippen LogP contribution in [-0.4, -0.2) is 85.4 Å². The van der Waals surface area contributed by atoms with Crippen LogP contribution in [0.3, 0.4) is 0 Å². The Hall–Kier alpha value is -1.79. The summed E-state index contributed by atoms with van der Waals surface area (Å²) in [5.41, 5.74) is 2.95. The van der Waals surface area contributed by atoms with E-state index in [1.807, 2.05) is 9.80 Å². The molecule has 178 valence electrons. The third-order valence-electron chi connectivity index (χ3n) is 7.53. The van der Waals surface area contributed by atoms with Gasteiger partial charge in [-0.2, -0.15) is 0 Å². The Bertz CT molecular complexity index is 757. The predicted molar refractivity (Wildman–Crippen MR) is 127 cm³/mol. The number of benzene rings is 1. The number of rotatable bonds is 7. The number of methoxy groups -OCH3 is 1. The van der Waals surface area contributed by atoms with Crippen molar-refractivity contribution in [1.82, 2.24) is 14.7 Å². The Morgan fingerprint density at radius 3 is 2.41 bits per heavy atom. The van der Waals surface area contributed by atoms with E-state index in [1.165, 1.54) is 43.5 Å². The molecule has 2 heterocycles. The molecule has 0 N–H and O–H groups in total. The summed E-state index contributed by atoms with van der Waals surface area (Å²) >= 11 is 0. The van der Waals surface area contributed by atoms with E-state index >= 15 is 0 Å². The lowest BCUT2D eigenvalue weighted by Gasteiger charge is -2.37. The predicted octanol–water partition coefficient (Wildman–Crippen LogP) is 3.96. The molecule has 0 spiro atoms. The SMILES string of the molecule is COCCN(C(=O)N1CCC(Oc2ccc3c(c2)CCN(C2CCC2)CC3)CC1)C(C)C. The maximum atomic E-state index is 13.0. The summed E-state index contributed by atoms with van der Waals surface area (Å²) in [7, 11) is 1.68. The first-order valence-electron chi connectivity index (χ1n) is 12.6. The van der Waals surface area contributed by atoms with Crippen LogP contribution in [-0.2, 0) is 17.6 Å². The summed E-state index contributed by atoms with van der Waals surface area (Å²) < 4.78 is 11.6. The van der Waals surface area contributed by atoms with Crippen molar-refractivity contribution >= 4 is 6.03 Å². The van der Waals surface area contributed by atoms with E-state index in [1.54, 1.807) is 7.11 Å². The van der Waals surface area contributed by atoms with Crippen molar-refractivity contribution < 1.29 is 14.3 Å². The number of fused-ring (bicyclic) bond motifs is 1. The summed E-state index contributed by atoms with van der Waals surface area (Å²) in [5.74, 6) is 0.995. The van der Waals surface area contributed by atoms with Crippen LogP contribution >= 0.6 is 0 Å². The quantitative estimate of drug-likeness (QED) is 0.640. The summed E-state index contributed by atoms with van der Waals surface area (Å²) in [5, 5.41) is 0. The second-order valence-corrected chi connectivity index (χ2v) is 9.92. The highest BCUT2D eigenvalue weighted by Gasteiger charge is 2.29. The van der Waals surface area contributed by atoms with Crippen LogP contribution in [0.5, 0.6) is 5.75 Å². The van der Waals surface area contributed by atoms with Crippen LogP contribution in [0.1, 0.15) is 57.1 Å². The van der Waals surface area contributed by atoms with Gasteiger partial charge in [-0.15, -0.1) is 0 Å². The van der Waals surface area contributed by atoms with Gasteiger partial charge in [0.25, 0.3) is 0 Å². The fraction of sp³-hybridized carbons (Fsp3) is 0.731. The molecule has 0 aromatic heterocycles. The Morgan fingerprint density at radius 1 is 1.06 bits per heavy atom. The molecule has 1 saturated carbocycles. The van der Waals surface area contributed by atoms with Gasteiger partial charge in [0.05, 0.1) is 6.61 Å². The highest BCUT2D eigenvalue weighted by Crippen LogP contribution is 2.29. The minimum atomic E-state index is 0.122. The number of carbonyl (C=O) groups is 1. The first-order chi connectivity index (χ1) is 15.5. The van der Waals surface area contributed by atoms with Crippen LogP contribution in [0.15, 0.2) is 18.2 Å². The Morgan fingerprint density at radius 2 is 1.78 bits per heavy atom. The van der Waals surface area contributed by atoms with Crippen LogP contribution in [0, 0.1) is 0 Å². The average molecular weight is 444 g/mol. The molecule has 0 atom stereocenters. The largest absolute Gasteiger partial charge is 0.490 e. The molecule has 3 aliphatic rings. The van der Waals surface area contributed by atoms with Gasteiger partial charge in [-0.3, -0.25) is 4.90 Å². The second kappa shape index (κ2) is 10.9. The number of hydrogen-bond acceptors (Lipinski definition) is 4. The van der Waals surface area contributed by atoms with Crippen LogP contribution in [0.25, 0.3) is 0 Å². The van der Waals surface area contributed by atoms with Gasteiger partial charge in [-0.1, -0.05) is 12.5 Å². The first-order valence-corrected chi connectivity index (χ1v) is 12.6. The molecule has 1 aromatic rings. The van der Waals surface area contributed by atoms with Crippen molar-refractivity contribution in [1.29, 1.82) is 0 Å². The van der Waals surface area contributed by atoms with Gasteiger partial charge in [0, 0.05) is 64.8 Å². The molecule has 0 radical (unpaired) electrons. The van der Waals surface area contributed by atoms with Crippen molar-refractivity contribution in [2.75, 3.05) is 46.4 Å². The highest BCUT2D eigenvalue weighted by atomic mass is 16.5.